The van der Waals surface area contributed by atoms with E-state index in [-0.39, 0.29) is 5.56 Å². The minimum atomic E-state index is -0.884. The van der Waals surface area contributed by atoms with Crippen LogP contribution in [0.15, 0.2) is 53.1 Å². The number of esters is 1. The lowest BCUT2D eigenvalue weighted by Crippen LogP contribution is -2.49. The van der Waals surface area contributed by atoms with Crippen molar-refractivity contribution in [1.82, 2.24) is 10.3 Å². The fourth-order valence-electron chi connectivity index (χ4n) is 3.56. The van der Waals surface area contributed by atoms with Crippen LogP contribution in [0.5, 0.6) is 0 Å². The maximum Gasteiger partial charge on any atom is 0.407 e. The van der Waals surface area contributed by atoms with Crippen molar-refractivity contribution >= 4 is 44.6 Å². The number of rotatable bonds is 7. The van der Waals surface area contributed by atoms with E-state index in [1.807, 2.05) is 30.5 Å². The van der Waals surface area contributed by atoms with Gasteiger partial charge in [0, 0.05) is 27.3 Å². The summed E-state index contributed by atoms with van der Waals surface area (Å²) in [5, 5.41) is 17.0. The summed E-state index contributed by atoms with van der Waals surface area (Å²) in [4.78, 5) is 28.2. The largest absolute Gasteiger partial charge is 0.465 e. The molecule has 1 aromatic heterocycles. The first-order valence-electron chi connectivity index (χ1n) is 10.7. The number of nitriles is 1. The molecule has 0 saturated carbocycles. The summed E-state index contributed by atoms with van der Waals surface area (Å²) in [5.74, 6) is -0.547. The number of carbonyl (C=O) groups excluding carboxylic acids is 2. The van der Waals surface area contributed by atoms with Gasteiger partial charge in [0.05, 0.1) is 24.8 Å². The van der Waals surface area contributed by atoms with Crippen molar-refractivity contribution in [3.8, 4) is 6.07 Å². The van der Waals surface area contributed by atoms with Gasteiger partial charge in [-0.1, -0.05) is 34.1 Å². The number of hydrogen-bond acceptors (Lipinski definition) is 6. The standard InChI is InChI=1S/C25H27BrN4O4/c1-25(2,3)34-24(32)30-21(11-15-14-28-19-8-6-5-7-17(15)19)22(13-27)29-20-10-9-16(26)12-18(20)23(31)33-4/h5-10,12,14,21-22,28-29H,11H2,1-4H3,(H,30,32)/t21-,22?/m0/s1. The van der Waals surface area contributed by atoms with Crippen molar-refractivity contribution in [3.63, 3.8) is 0 Å². The quantitative estimate of drug-likeness (QED) is 0.366. The van der Waals surface area contributed by atoms with Crippen LogP contribution in [-0.4, -0.2) is 41.8 Å². The Hall–Kier alpha value is -3.51. The van der Waals surface area contributed by atoms with Crippen LogP contribution in [0.3, 0.4) is 0 Å². The number of anilines is 1. The summed E-state index contributed by atoms with van der Waals surface area (Å²) in [6.45, 7) is 5.31. The number of ether oxygens (including phenoxy) is 2. The molecule has 2 atom stereocenters. The Morgan fingerprint density at radius 1 is 1.21 bits per heavy atom. The highest BCUT2D eigenvalue weighted by molar-refractivity contribution is 9.10. The Bertz CT molecular complexity index is 1230. The average molecular weight is 527 g/mol. The van der Waals surface area contributed by atoms with Gasteiger partial charge in [0.25, 0.3) is 0 Å². The Kier molecular flexibility index (Phi) is 7.84. The van der Waals surface area contributed by atoms with E-state index in [4.69, 9.17) is 9.47 Å². The fraction of sp³-hybridized carbons (Fsp3) is 0.320. The van der Waals surface area contributed by atoms with Crippen LogP contribution in [0, 0.1) is 11.3 Å². The Balaban J connectivity index is 1.94. The van der Waals surface area contributed by atoms with E-state index >= 15 is 0 Å². The number of alkyl carbamates (subject to hydrolysis) is 1. The first-order valence-corrected chi connectivity index (χ1v) is 11.5. The topological polar surface area (TPSA) is 116 Å². The number of halogens is 1. The fourth-order valence-corrected chi connectivity index (χ4v) is 3.92. The molecule has 0 fully saturated rings. The summed E-state index contributed by atoms with van der Waals surface area (Å²) in [7, 11) is 1.29. The maximum atomic E-state index is 12.6. The van der Waals surface area contributed by atoms with Crippen LogP contribution in [-0.2, 0) is 15.9 Å². The molecule has 1 heterocycles. The summed E-state index contributed by atoms with van der Waals surface area (Å²) in [6.07, 6.45) is 1.57. The summed E-state index contributed by atoms with van der Waals surface area (Å²) in [6, 6.07) is 13.5. The number of aromatic nitrogens is 1. The highest BCUT2D eigenvalue weighted by Gasteiger charge is 2.28. The molecule has 1 amide bonds. The van der Waals surface area contributed by atoms with Gasteiger partial charge in [0.15, 0.2) is 0 Å². The van der Waals surface area contributed by atoms with E-state index in [1.165, 1.54) is 7.11 Å². The highest BCUT2D eigenvalue weighted by atomic mass is 79.9. The smallest absolute Gasteiger partial charge is 0.407 e. The number of fused-ring (bicyclic) bond motifs is 1. The third kappa shape index (κ3) is 6.29. The van der Waals surface area contributed by atoms with Crippen LogP contribution in [0.2, 0.25) is 0 Å². The summed E-state index contributed by atoms with van der Waals surface area (Å²) >= 11 is 3.35. The van der Waals surface area contributed by atoms with Crippen LogP contribution >= 0.6 is 15.9 Å². The number of nitrogens with zero attached hydrogens (tertiary/aromatic N) is 1. The van der Waals surface area contributed by atoms with Crippen LogP contribution in [0.1, 0.15) is 36.7 Å². The molecule has 0 aliphatic carbocycles. The van der Waals surface area contributed by atoms with Gasteiger partial charge in [0.1, 0.15) is 11.6 Å². The number of carbonyl (C=O) groups is 2. The number of para-hydroxylation sites is 1. The molecule has 0 radical (unpaired) electrons. The first-order chi connectivity index (χ1) is 16.1. The lowest BCUT2D eigenvalue weighted by molar-refractivity contribution is 0.0501. The number of nitrogens with one attached hydrogen (secondary N) is 3. The van der Waals surface area contributed by atoms with Crippen molar-refractivity contribution in [3.05, 3.63) is 64.3 Å². The van der Waals surface area contributed by atoms with Gasteiger partial charge in [0.2, 0.25) is 0 Å². The van der Waals surface area contributed by atoms with Crippen molar-refractivity contribution in [2.24, 2.45) is 0 Å². The molecule has 0 aliphatic rings. The van der Waals surface area contributed by atoms with Gasteiger partial charge in [-0.3, -0.25) is 0 Å². The van der Waals surface area contributed by atoms with Crippen LogP contribution < -0.4 is 10.6 Å². The molecule has 178 valence electrons. The average Bonchev–Trinajstić information content (AvgIpc) is 3.19. The maximum absolute atomic E-state index is 12.6. The minimum absolute atomic E-state index is 0.264. The second-order valence-corrected chi connectivity index (χ2v) is 9.66. The Morgan fingerprint density at radius 3 is 2.62 bits per heavy atom. The molecule has 0 bridgehead atoms. The summed E-state index contributed by atoms with van der Waals surface area (Å²) in [5.41, 5.74) is 1.87. The monoisotopic (exact) mass is 526 g/mol. The van der Waals surface area contributed by atoms with Crippen molar-refractivity contribution in [1.29, 1.82) is 5.26 Å². The zero-order valence-corrected chi connectivity index (χ0v) is 21.0. The normalized spacial score (nSPS) is 12.9. The zero-order chi connectivity index (χ0) is 24.9. The van der Waals surface area contributed by atoms with E-state index in [0.29, 0.717) is 16.6 Å². The van der Waals surface area contributed by atoms with Gasteiger partial charge >= 0.3 is 12.1 Å². The lowest BCUT2D eigenvalue weighted by atomic mass is 9.99. The number of amides is 1. The minimum Gasteiger partial charge on any atom is -0.465 e. The predicted octanol–water partition coefficient (Wildman–Crippen LogP) is 5.16. The molecule has 3 aromatic rings. The number of benzene rings is 2. The molecule has 3 rings (SSSR count). The molecular formula is C25H27BrN4O4. The molecular weight excluding hydrogens is 500 g/mol. The Labute approximate surface area is 206 Å². The van der Waals surface area contributed by atoms with Gasteiger partial charge < -0.3 is 25.1 Å². The molecule has 0 saturated heterocycles. The molecule has 9 heteroatoms. The van der Waals surface area contributed by atoms with Gasteiger partial charge in [-0.05, 0) is 57.0 Å². The van der Waals surface area contributed by atoms with Gasteiger partial charge in [-0.25, -0.2) is 9.59 Å². The van der Waals surface area contributed by atoms with Crippen molar-refractivity contribution < 1.29 is 19.1 Å². The Morgan fingerprint density at radius 2 is 1.94 bits per heavy atom. The third-order valence-corrected chi connectivity index (χ3v) is 5.55. The number of hydrogen-bond donors (Lipinski definition) is 3. The second-order valence-electron chi connectivity index (χ2n) is 8.75. The van der Waals surface area contributed by atoms with Crippen molar-refractivity contribution in [2.45, 2.75) is 44.9 Å². The van der Waals surface area contributed by atoms with Gasteiger partial charge in [-0.2, -0.15) is 5.26 Å². The van der Waals surface area contributed by atoms with Crippen molar-refractivity contribution in [2.75, 3.05) is 12.4 Å². The SMILES string of the molecule is COC(=O)c1cc(Br)ccc1NC(C#N)[C@H](Cc1c[nH]c2ccccc12)NC(=O)OC(C)(C)C. The van der Waals surface area contributed by atoms with E-state index in [9.17, 15) is 14.9 Å². The third-order valence-electron chi connectivity index (χ3n) is 5.06. The zero-order valence-electron chi connectivity index (χ0n) is 19.4. The number of aromatic amines is 1. The highest BCUT2D eigenvalue weighted by Crippen LogP contribution is 2.25. The molecule has 1 unspecified atom stereocenters. The van der Waals surface area contributed by atoms with Crippen LogP contribution in [0.25, 0.3) is 10.9 Å². The van der Waals surface area contributed by atoms with E-state index in [0.717, 1.165) is 16.5 Å². The molecule has 0 spiro atoms. The molecule has 2 aromatic carbocycles. The molecule has 0 aliphatic heterocycles. The lowest BCUT2D eigenvalue weighted by Gasteiger charge is -2.27. The number of methoxy groups -OCH3 is 1. The second kappa shape index (κ2) is 10.6. The number of H-pyrrole nitrogens is 1. The molecule has 8 nitrogen and oxygen atoms in total. The van der Waals surface area contributed by atoms with E-state index in [1.54, 1.807) is 39.0 Å². The predicted molar refractivity (Wildman–Crippen MR) is 134 cm³/mol. The van der Waals surface area contributed by atoms with E-state index in [2.05, 4.69) is 37.6 Å². The summed E-state index contributed by atoms with van der Waals surface area (Å²) < 4.78 is 11.0. The van der Waals surface area contributed by atoms with Gasteiger partial charge in [-0.15, -0.1) is 0 Å². The van der Waals surface area contributed by atoms with E-state index < -0.39 is 29.7 Å². The molecule has 3 N–H and O–H groups in total. The molecule has 34 heavy (non-hydrogen) atoms. The van der Waals surface area contributed by atoms with Crippen LogP contribution in [0.4, 0.5) is 10.5 Å². The first kappa shape index (κ1) is 25.1.